The summed E-state index contributed by atoms with van der Waals surface area (Å²) in [5.74, 6) is 0. The van der Waals surface area contributed by atoms with E-state index in [9.17, 15) is 5.21 Å². The summed E-state index contributed by atoms with van der Waals surface area (Å²) < 4.78 is 1.22. The summed E-state index contributed by atoms with van der Waals surface area (Å²) in [6.45, 7) is 1.92. The normalized spacial score (nSPS) is 12.4. The van der Waals surface area contributed by atoms with Crippen LogP contribution < -0.4 is 5.32 Å². The second kappa shape index (κ2) is 5.00. The first-order valence-corrected chi connectivity index (χ1v) is 6.54. The lowest BCUT2D eigenvalue weighted by Gasteiger charge is -2.23. The van der Waals surface area contributed by atoms with Crippen LogP contribution in [0, 0.1) is 0 Å². The zero-order valence-electron chi connectivity index (χ0n) is 9.68. The molecule has 0 fully saturated rings. The number of hydrogen-bond acceptors (Lipinski definition) is 3. The molecule has 3 nitrogen and oxygen atoms in total. The highest BCUT2D eigenvalue weighted by molar-refractivity contribution is 7.80. The van der Waals surface area contributed by atoms with Gasteiger partial charge in [0.15, 0.2) is 5.11 Å². The summed E-state index contributed by atoms with van der Waals surface area (Å²) in [6.07, 6.45) is 0. The molecule has 0 radical (unpaired) electrons. The molecule has 0 aliphatic rings. The van der Waals surface area contributed by atoms with Crippen LogP contribution in [0.3, 0.4) is 0 Å². The molecule has 0 amide bonds. The van der Waals surface area contributed by atoms with E-state index in [0.717, 1.165) is 9.94 Å². The Kier molecular flexibility index (Phi) is 3.61. The summed E-state index contributed by atoms with van der Waals surface area (Å²) in [5, 5.41) is 15.3. The highest BCUT2D eigenvalue weighted by atomic mass is 32.1. The number of hydroxylamine groups is 2. The monoisotopic (exact) mass is 266 g/mol. The standard InChI is InChI=1S/C12H14N2OS2/c1-8(14(15)12(16)13-2)11-7-9-5-3-4-6-10(9)17-11/h3-8,15H,1-2H3,(H,13,16). The molecule has 1 atom stereocenters. The molecule has 1 aromatic carbocycles. The summed E-state index contributed by atoms with van der Waals surface area (Å²) in [6, 6.07) is 10.1. The molecular weight excluding hydrogens is 252 g/mol. The van der Waals surface area contributed by atoms with Gasteiger partial charge in [0.2, 0.25) is 0 Å². The lowest BCUT2D eigenvalue weighted by atomic mass is 10.2. The second-order valence-electron chi connectivity index (χ2n) is 3.76. The number of rotatable bonds is 2. The van der Waals surface area contributed by atoms with Crippen LogP contribution in [-0.2, 0) is 0 Å². The second-order valence-corrected chi connectivity index (χ2v) is 5.26. The van der Waals surface area contributed by atoms with Gasteiger partial charge in [-0.2, -0.15) is 0 Å². The molecule has 0 bridgehead atoms. The van der Waals surface area contributed by atoms with E-state index in [2.05, 4.69) is 23.5 Å². The molecule has 0 aliphatic carbocycles. The van der Waals surface area contributed by atoms with E-state index in [1.165, 1.54) is 10.1 Å². The predicted molar refractivity (Wildman–Crippen MR) is 75.5 cm³/mol. The number of thiophene rings is 1. The molecule has 90 valence electrons. The zero-order valence-corrected chi connectivity index (χ0v) is 11.3. The molecule has 2 aromatic rings. The molecule has 2 rings (SSSR count). The minimum Gasteiger partial charge on any atom is -0.364 e. The predicted octanol–water partition coefficient (Wildman–Crippen LogP) is 3.16. The van der Waals surface area contributed by atoms with Crippen molar-refractivity contribution in [1.82, 2.24) is 10.4 Å². The largest absolute Gasteiger partial charge is 0.364 e. The zero-order chi connectivity index (χ0) is 12.4. The van der Waals surface area contributed by atoms with E-state index >= 15 is 0 Å². The number of fused-ring (bicyclic) bond motifs is 1. The van der Waals surface area contributed by atoms with Crippen LogP contribution >= 0.6 is 23.6 Å². The van der Waals surface area contributed by atoms with Gasteiger partial charge in [0.25, 0.3) is 0 Å². The number of benzene rings is 1. The number of nitrogens with one attached hydrogen (secondary N) is 1. The third-order valence-electron chi connectivity index (χ3n) is 2.65. The van der Waals surface area contributed by atoms with Gasteiger partial charge in [-0.25, -0.2) is 5.06 Å². The van der Waals surface area contributed by atoms with Gasteiger partial charge in [-0.3, -0.25) is 5.21 Å². The van der Waals surface area contributed by atoms with E-state index < -0.39 is 0 Å². The Morgan fingerprint density at radius 2 is 2.18 bits per heavy atom. The van der Waals surface area contributed by atoms with E-state index in [1.54, 1.807) is 18.4 Å². The van der Waals surface area contributed by atoms with Crippen molar-refractivity contribution in [1.29, 1.82) is 0 Å². The maximum Gasteiger partial charge on any atom is 0.193 e. The van der Waals surface area contributed by atoms with Crippen LogP contribution in [0.25, 0.3) is 10.1 Å². The summed E-state index contributed by atoms with van der Waals surface area (Å²) in [4.78, 5) is 1.09. The van der Waals surface area contributed by atoms with Crippen LogP contribution in [0.15, 0.2) is 30.3 Å². The van der Waals surface area contributed by atoms with Gasteiger partial charge in [0.05, 0.1) is 6.04 Å². The molecule has 5 heteroatoms. The van der Waals surface area contributed by atoms with Crippen LogP contribution in [0.4, 0.5) is 0 Å². The van der Waals surface area contributed by atoms with Gasteiger partial charge in [-0.15, -0.1) is 11.3 Å². The van der Waals surface area contributed by atoms with Crippen molar-refractivity contribution in [2.45, 2.75) is 13.0 Å². The SMILES string of the molecule is CNC(=S)N(O)C(C)c1cc2ccccc2s1. The van der Waals surface area contributed by atoms with Gasteiger partial charge in [-0.1, -0.05) is 18.2 Å². The average molecular weight is 266 g/mol. The molecule has 17 heavy (non-hydrogen) atoms. The Bertz CT molecular complexity index is 505. The Labute approximate surface area is 110 Å². The Morgan fingerprint density at radius 1 is 1.47 bits per heavy atom. The number of thiocarbonyl (C=S) groups is 1. The molecule has 1 aromatic heterocycles. The molecule has 0 spiro atoms. The van der Waals surface area contributed by atoms with Crippen LogP contribution in [0.5, 0.6) is 0 Å². The van der Waals surface area contributed by atoms with E-state index in [4.69, 9.17) is 12.2 Å². The first kappa shape index (κ1) is 12.3. The topological polar surface area (TPSA) is 35.5 Å². The lowest BCUT2D eigenvalue weighted by Crippen LogP contribution is -2.36. The quantitative estimate of drug-likeness (QED) is 0.646. The number of nitrogens with zero attached hydrogens (tertiary/aromatic N) is 1. The highest BCUT2D eigenvalue weighted by Gasteiger charge is 2.18. The van der Waals surface area contributed by atoms with E-state index in [-0.39, 0.29) is 6.04 Å². The molecule has 1 heterocycles. The van der Waals surface area contributed by atoms with Crippen molar-refractivity contribution in [2.24, 2.45) is 0 Å². The third-order valence-corrected chi connectivity index (χ3v) is 4.32. The smallest absolute Gasteiger partial charge is 0.193 e. The van der Waals surface area contributed by atoms with E-state index in [0.29, 0.717) is 5.11 Å². The molecule has 0 aliphatic heterocycles. The Morgan fingerprint density at radius 3 is 2.82 bits per heavy atom. The molecule has 0 saturated carbocycles. The fraction of sp³-hybridized carbons (Fsp3) is 0.250. The number of hydrogen-bond donors (Lipinski definition) is 2. The minimum atomic E-state index is -0.146. The molecule has 2 N–H and O–H groups in total. The van der Waals surface area contributed by atoms with Crippen molar-refractivity contribution in [3.63, 3.8) is 0 Å². The van der Waals surface area contributed by atoms with E-state index in [1.807, 2.05) is 19.1 Å². The van der Waals surface area contributed by atoms with Gasteiger partial charge in [0, 0.05) is 16.6 Å². The van der Waals surface area contributed by atoms with Crippen LogP contribution in [-0.4, -0.2) is 22.4 Å². The van der Waals surface area contributed by atoms with Crippen molar-refractivity contribution in [2.75, 3.05) is 7.05 Å². The summed E-state index contributed by atoms with van der Waals surface area (Å²) >= 11 is 6.68. The summed E-state index contributed by atoms with van der Waals surface area (Å²) in [7, 11) is 1.70. The first-order valence-electron chi connectivity index (χ1n) is 5.31. The van der Waals surface area contributed by atoms with Crippen molar-refractivity contribution in [3.05, 3.63) is 35.2 Å². The van der Waals surface area contributed by atoms with Gasteiger partial charge in [-0.05, 0) is 36.7 Å². The fourth-order valence-electron chi connectivity index (χ4n) is 1.62. The van der Waals surface area contributed by atoms with Crippen molar-refractivity contribution < 1.29 is 5.21 Å². The van der Waals surface area contributed by atoms with Crippen molar-refractivity contribution >= 4 is 38.8 Å². The van der Waals surface area contributed by atoms with Gasteiger partial charge in [0.1, 0.15) is 0 Å². The van der Waals surface area contributed by atoms with Crippen LogP contribution in [0.1, 0.15) is 17.8 Å². The summed E-state index contributed by atoms with van der Waals surface area (Å²) in [5.41, 5.74) is 0. The highest BCUT2D eigenvalue weighted by Crippen LogP contribution is 2.31. The maximum atomic E-state index is 9.90. The Balaban J connectivity index is 2.30. The average Bonchev–Trinajstić information content (AvgIpc) is 2.79. The van der Waals surface area contributed by atoms with Gasteiger partial charge < -0.3 is 5.32 Å². The molecule has 0 saturated heterocycles. The first-order chi connectivity index (χ1) is 8.13. The Hall–Kier alpha value is -1.17. The fourth-order valence-corrected chi connectivity index (χ4v) is 2.88. The van der Waals surface area contributed by atoms with Crippen LogP contribution in [0.2, 0.25) is 0 Å². The lowest BCUT2D eigenvalue weighted by molar-refractivity contribution is -0.0483. The minimum absolute atomic E-state index is 0.146. The molecule has 1 unspecified atom stereocenters. The van der Waals surface area contributed by atoms with Crippen molar-refractivity contribution in [3.8, 4) is 0 Å². The maximum absolute atomic E-state index is 9.90. The molecular formula is C12H14N2OS2. The third kappa shape index (κ3) is 2.41. The van der Waals surface area contributed by atoms with Gasteiger partial charge >= 0.3 is 0 Å².